The molecule has 0 fully saturated rings. The van der Waals surface area contributed by atoms with Crippen molar-refractivity contribution in [1.82, 2.24) is 10.3 Å². The highest BCUT2D eigenvalue weighted by Crippen LogP contribution is 2.37. The second-order valence-electron chi connectivity index (χ2n) is 10.3. The van der Waals surface area contributed by atoms with Crippen LogP contribution < -0.4 is 16.0 Å². The first-order chi connectivity index (χ1) is 22.9. The van der Waals surface area contributed by atoms with Crippen molar-refractivity contribution in [3.05, 3.63) is 160 Å². The van der Waals surface area contributed by atoms with Gasteiger partial charge in [0, 0.05) is 20.6 Å². The van der Waals surface area contributed by atoms with Crippen molar-refractivity contribution < 1.29 is 14.4 Å². The summed E-state index contributed by atoms with van der Waals surface area (Å²) in [5.41, 5.74) is 3.49. The van der Waals surface area contributed by atoms with Gasteiger partial charge in [-0.3, -0.25) is 14.4 Å². The first-order valence-corrected chi connectivity index (χ1v) is 17.0. The maximum atomic E-state index is 13.6. The molecular formula is C37H27BrN4O3S2. The summed E-state index contributed by atoms with van der Waals surface area (Å²) in [7, 11) is 0. The second-order valence-corrected chi connectivity index (χ2v) is 13.4. The highest BCUT2D eigenvalue weighted by Gasteiger charge is 2.23. The minimum absolute atomic E-state index is 0.0929. The molecule has 3 N–H and O–H groups in total. The van der Waals surface area contributed by atoms with E-state index in [4.69, 9.17) is 0 Å². The Morgan fingerprint density at radius 2 is 1.40 bits per heavy atom. The number of nitrogens with zero attached hydrogens (tertiary/aromatic N) is 1. The molecule has 0 radical (unpaired) electrons. The molecule has 0 spiro atoms. The molecule has 0 aliphatic heterocycles. The van der Waals surface area contributed by atoms with Crippen molar-refractivity contribution in [3.8, 4) is 0 Å². The van der Waals surface area contributed by atoms with Gasteiger partial charge in [0.1, 0.15) is 10.9 Å². The lowest BCUT2D eigenvalue weighted by atomic mass is 10.1. The lowest BCUT2D eigenvalue weighted by Gasteiger charge is -2.16. The lowest BCUT2D eigenvalue weighted by molar-refractivity contribution is -0.116. The fraction of sp³-hybridized carbons (Fsp3) is 0.0270. The third-order valence-corrected chi connectivity index (χ3v) is 9.69. The topological polar surface area (TPSA) is 100 Å². The van der Waals surface area contributed by atoms with E-state index >= 15 is 0 Å². The number of hydrogen-bond acceptors (Lipinski definition) is 6. The highest BCUT2D eigenvalue weighted by molar-refractivity contribution is 9.10. The number of halogens is 1. The molecule has 232 valence electrons. The molecular weight excluding hydrogens is 692 g/mol. The zero-order valence-corrected chi connectivity index (χ0v) is 27.9. The normalized spacial score (nSPS) is 11.9. The molecule has 1 heterocycles. The SMILES string of the molecule is O=C(Nc1ccc(SC(C(=O)Nc2nc3ccccc3s2)c2ccccc2)cc1)/C(=C/c1ccc(Br)cc1)NC(=O)c1ccccc1. The zero-order chi connectivity index (χ0) is 32.6. The number of carbonyl (C=O) groups is 3. The van der Waals surface area contributed by atoms with Gasteiger partial charge in [-0.05, 0) is 77.9 Å². The van der Waals surface area contributed by atoms with Gasteiger partial charge in [-0.2, -0.15) is 0 Å². The first-order valence-electron chi connectivity index (χ1n) is 14.5. The molecule has 1 atom stereocenters. The molecule has 0 saturated heterocycles. The van der Waals surface area contributed by atoms with Gasteiger partial charge in [-0.15, -0.1) is 11.8 Å². The third kappa shape index (κ3) is 8.42. The Morgan fingerprint density at radius 3 is 2.11 bits per heavy atom. The summed E-state index contributed by atoms with van der Waals surface area (Å²) in [5.74, 6) is -1.06. The van der Waals surface area contributed by atoms with Crippen LogP contribution in [0.5, 0.6) is 0 Å². The fourth-order valence-electron chi connectivity index (χ4n) is 4.62. The maximum absolute atomic E-state index is 13.6. The van der Waals surface area contributed by atoms with Crippen molar-refractivity contribution >= 4 is 83.9 Å². The van der Waals surface area contributed by atoms with E-state index in [1.54, 1.807) is 42.5 Å². The Balaban J connectivity index is 1.18. The van der Waals surface area contributed by atoms with Gasteiger partial charge < -0.3 is 16.0 Å². The van der Waals surface area contributed by atoms with Crippen molar-refractivity contribution in [3.63, 3.8) is 0 Å². The van der Waals surface area contributed by atoms with Crippen LogP contribution in [0.15, 0.2) is 149 Å². The summed E-state index contributed by atoms with van der Waals surface area (Å²) in [4.78, 5) is 45.4. The number of thiazole rings is 1. The molecule has 7 nitrogen and oxygen atoms in total. The van der Waals surface area contributed by atoms with Crippen LogP contribution in [0.1, 0.15) is 26.7 Å². The van der Waals surface area contributed by atoms with Gasteiger partial charge in [0.25, 0.3) is 11.8 Å². The molecule has 3 amide bonds. The quantitative estimate of drug-likeness (QED) is 0.0970. The van der Waals surface area contributed by atoms with Gasteiger partial charge in [-0.25, -0.2) is 4.98 Å². The summed E-state index contributed by atoms with van der Waals surface area (Å²) in [5, 5.41) is 8.64. The highest BCUT2D eigenvalue weighted by atomic mass is 79.9. The molecule has 0 aliphatic rings. The molecule has 1 aromatic heterocycles. The summed E-state index contributed by atoms with van der Waals surface area (Å²) in [6, 6.07) is 40.7. The van der Waals surface area contributed by atoms with Crippen LogP contribution in [0.4, 0.5) is 10.8 Å². The molecule has 0 bridgehead atoms. The third-order valence-electron chi connectivity index (χ3n) is 6.94. The van der Waals surface area contributed by atoms with Crippen LogP contribution in [0, 0.1) is 0 Å². The van der Waals surface area contributed by atoms with E-state index in [-0.39, 0.29) is 11.6 Å². The van der Waals surface area contributed by atoms with E-state index < -0.39 is 17.1 Å². The van der Waals surface area contributed by atoms with Crippen LogP contribution in [0.3, 0.4) is 0 Å². The van der Waals surface area contributed by atoms with Crippen LogP contribution in [-0.4, -0.2) is 22.7 Å². The smallest absolute Gasteiger partial charge is 0.272 e. The number of rotatable bonds is 10. The van der Waals surface area contributed by atoms with Gasteiger partial charge in [0.15, 0.2) is 5.13 Å². The van der Waals surface area contributed by atoms with E-state index in [9.17, 15) is 14.4 Å². The Hall–Kier alpha value is -5.03. The summed E-state index contributed by atoms with van der Waals surface area (Å²) in [6.07, 6.45) is 1.63. The Bertz CT molecular complexity index is 2020. The van der Waals surface area contributed by atoms with Crippen LogP contribution in [-0.2, 0) is 9.59 Å². The molecule has 6 rings (SSSR count). The fourth-order valence-corrected chi connectivity index (χ4v) is 6.77. The number of amides is 3. The van der Waals surface area contributed by atoms with Gasteiger partial charge >= 0.3 is 0 Å². The van der Waals surface area contributed by atoms with Gasteiger partial charge in [-0.1, -0.05) is 100 Å². The first kappa shape index (κ1) is 31.9. The van der Waals surface area contributed by atoms with Crippen LogP contribution in [0.25, 0.3) is 16.3 Å². The van der Waals surface area contributed by atoms with Gasteiger partial charge in [0.05, 0.1) is 10.2 Å². The number of carbonyl (C=O) groups excluding carboxylic acids is 3. The number of nitrogens with one attached hydrogen (secondary N) is 3. The Kier molecular flexibility index (Phi) is 10.2. The van der Waals surface area contributed by atoms with E-state index in [2.05, 4.69) is 36.9 Å². The molecule has 6 aromatic rings. The number of aromatic nitrogens is 1. The van der Waals surface area contributed by atoms with E-state index in [1.165, 1.54) is 23.1 Å². The van der Waals surface area contributed by atoms with E-state index in [1.807, 2.05) is 97.1 Å². The van der Waals surface area contributed by atoms with Gasteiger partial charge in [0.2, 0.25) is 5.91 Å². The molecule has 0 aliphatic carbocycles. The number of benzene rings is 5. The predicted molar refractivity (Wildman–Crippen MR) is 194 cm³/mol. The summed E-state index contributed by atoms with van der Waals surface area (Å²) in [6.45, 7) is 0. The van der Waals surface area contributed by atoms with E-state index in [0.717, 1.165) is 30.7 Å². The molecule has 47 heavy (non-hydrogen) atoms. The predicted octanol–water partition coefficient (Wildman–Crippen LogP) is 8.94. The minimum atomic E-state index is -0.544. The number of thioether (sulfide) groups is 1. The van der Waals surface area contributed by atoms with Crippen molar-refractivity contribution in [2.24, 2.45) is 0 Å². The monoisotopic (exact) mass is 718 g/mol. The average Bonchev–Trinajstić information content (AvgIpc) is 3.51. The largest absolute Gasteiger partial charge is 0.321 e. The van der Waals surface area contributed by atoms with Crippen LogP contribution in [0.2, 0.25) is 0 Å². The van der Waals surface area contributed by atoms with Crippen molar-refractivity contribution in [1.29, 1.82) is 0 Å². The lowest BCUT2D eigenvalue weighted by Crippen LogP contribution is -2.30. The summed E-state index contributed by atoms with van der Waals surface area (Å²) >= 11 is 6.25. The molecule has 5 aromatic carbocycles. The Labute approximate surface area is 288 Å². The molecule has 0 saturated carbocycles. The number of anilines is 2. The van der Waals surface area contributed by atoms with Crippen LogP contribution >= 0.6 is 39.0 Å². The number of para-hydroxylation sites is 1. The van der Waals surface area contributed by atoms with Crippen molar-refractivity contribution in [2.45, 2.75) is 10.1 Å². The summed E-state index contributed by atoms with van der Waals surface area (Å²) < 4.78 is 1.90. The zero-order valence-electron chi connectivity index (χ0n) is 24.7. The molecule has 10 heteroatoms. The standard InChI is InChI=1S/C37H27BrN4O3S2/c38-27-17-15-24(16-18-27)23-31(40-34(43)26-11-5-2-6-12-26)35(44)39-28-19-21-29(22-20-28)46-33(25-9-3-1-4-10-25)36(45)42-37-41-30-13-7-8-14-32(30)47-37/h1-23,33H,(H,39,44)(H,40,43)(H,41,42,45)/b31-23-. The second kappa shape index (κ2) is 15.0. The average molecular weight is 720 g/mol. The Morgan fingerprint density at radius 1 is 0.745 bits per heavy atom. The number of hydrogen-bond donors (Lipinski definition) is 3. The van der Waals surface area contributed by atoms with Crippen molar-refractivity contribution in [2.75, 3.05) is 10.6 Å². The minimum Gasteiger partial charge on any atom is -0.321 e. The molecule has 1 unspecified atom stereocenters. The maximum Gasteiger partial charge on any atom is 0.272 e. The number of fused-ring (bicyclic) bond motifs is 1. The van der Waals surface area contributed by atoms with E-state index in [0.29, 0.717) is 16.4 Å².